The van der Waals surface area contributed by atoms with Crippen LogP contribution in [0.2, 0.25) is 0 Å². The van der Waals surface area contributed by atoms with Gasteiger partial charge in [0.25, 0.3) is 0 Å². The summed E-state index contributed by atoms with van der Waals surface area (Å²) in [5, 5.41) is 3.28. The Balaban J connectivity index is 1.62. The van der Waals surface area contributed by atoms with E-state index in [9.17, 15) is 0 Å². The van der Waals surface area contributed by atoms with Gasteiger partial charge in [0.1, 0.15) is 11.6 Å². The van der Waals surface area contributed by atoms with Crippen LogP contribution >= 0.6 is 0 Å². The third-order valence-corrected chi connectivity index (χ3v) is 2.83. The minimum Gasteiger partial charge on any atom is -0.384 e. The fourth-order valence-electron chi connectivity index (χ4n) is 1.89. The first-order chi connectivity index (χ1) is 8.34. The average molecular weight is 236 g/mol. The lowest BCUT2D eigenvalue weighted by Gasteiger charge is -2.26. The third kappa shape index (κ3) is 4.20. The summed E-state index contributed by atoms with van der Waals surface area (Å²) in [6, 6.07) is 5.64. The van der Waals surface area contributed by atoms with Crippen LogP contribution in [0.25, 0.3) is 0 Å². The molecule has 2 rings (SSSR count). The highest BCUT2D eigenvalue weighted by atomic mass is 16.5. The molecule has 1 saturated heterocycles. The van der Waals surface area contributed by atoms with E-state index in [0.717, 1.165) is 51.6 Å². The maximum absolute atomic E-state index is 5.61. The summed E-state index contributed by atoms with van der Waals surface area (Å²) < 4.78 is 5.31. The van der Waals surface area contributed by atoms with Crippen LogP contribution in [0, 0.1) is 0 Å². The maximum Gasteiger partial charge on any atom is 0.128 e. The van der Waals surface area contributed by atoms with Gasteiger partial charge in [-0.1, -0.05) is 6.07 Å². The molecule has 0 radical (unpaired) electrons. The Morgan fingerprint density at radius 1 is 1.35 bits per heavy atom. The molecule has 0 aliphatic carbocycles. The minimum absolute atomic E-state index is 0.558. The number of ether oxygens (including phenoxy) is 1. The van der Waals surface area contributed by atoms with Crippen molar-refractivity contribution in [1.82, 2.24) is 9.88 Å². The molecule has 0 aromatic carbocycles. The van der Waals surface area contributed by atoms with Crippen molar-refractivity contribution in [3.05, 3.63) is 18.2 Å². The zero-order chi connectivity index (χ0) is 11.9. The Labute approximate surface area is 102 Å². The van der Waals surface area contributed by atoms with Crippen molar-refractivity contribution in [2.75, 3.05) is 50.4 Å². The molecule has 2 heterocycles. The van der Waals surface area contributed by atoms with E-state index >= 15 is 0 Å². The van der Waals surface area contributed by atoms with E-state index in [1.54, 1.807) is 6.07 Å². The molecule has 1 aliphatic heterocycles. The molecule has 1 aromatic heterocycles. The van der Waals surface area contributed by atoms with Gasteiger partial charge in [0.15, 0.2) is 0 Å². The molecule has 0 amide bonds. The highest BCUT2D eigenvalue weighted by molar-refractivity contribution is 5.41. The number of nitrogens with zero attached hydrogens (tertiary/aromatic N) is 2. The molecule has 5 heteroatoms. The third-order valence-electron chi connectivity index (χ3n) is 2.83. The normalized spacial score (nSPS) is 16.9. The van der Waals surface area contributed by atoms with E-state index in [4.69, 9.17) is 10.5 Å². The lowest BCUT2D eigenvalue weighted by molar-refractivity contribution is 0.0378. The summed E-state index contributed by atoms with van der Waals surface area (Å²) >= 11 is 0. The van der Waals surface area contributed by atoms with Gasteiger partial charge in [-0.05, 0) is 25.1 Å². The van der Waals surface area contributed by atoms with Crippen molar-refractivity contribution in [3.63, 3.8) is 0 Å². The van der Waals surface area contributed by atoms with Crippen LogP contribution in [0.15, 0.2) is 18.2 Å². The van der Waals surface area contributed by atoms with Gasteiger partial charge in [-0.2, -0.15) is 0 Å². The smallest absolute Gasteiger partial charge is 0.128 e. The zero-order valence-corrected chi connectivity index (χ0v) is 10.1. The van der Waals surface area contributed by atoms with E-state index in [0.29, 0.717) is 5.82 Å². The Bertz CT molecular complexity index is 339. The van der Waals surface area contributed by atoms with Crippen LogP contribution in [0.5, 0.6) is 0 Å². The molecule has 17 heavy (non-hydrogen) atoms. The van der Waals surface area contributed by atoms with Gasteiger partial charge in [0.05, 0.1) is 13.2 Å². The second-order valence-corrected chi connectivity index (χ2v) is 4.18. The standard InChI is InChI=1S/C12H20N4O/c13-11-3-1-4-12(15-11)14-5-2-6-16-7-9-17-10-8-16/h1,3-4H,2,5-10H2,(H3,13,14,15). The molecule has 1 fully saturated rings. The summed E-state index contributed by atoms with van der Waals surface area (Å²) in [6.45, 7) is 5.87. The molecule has 0 bridgehead atoms. The van der Waals surface area contributed by atoms with E-state index in [1.165, 1.54) is 0 Å². The summed E-state index contributed by atoms with van der Waals surface area (Å²) in [5.74, 6) is 1.41. The molecule has 0 atom stereocenters. The summed E-state index contributed by atoms with van der Waals surface area (Å²) in [5.41, 5.74) is 5.61. The number of anilines is 2. The Morgan fingerprint density at radius 3 is 2.94 bits per heavy atom. The number of nitrogen functional groups attached to an aromatic ring is 1. The highest BCUT2D eigenvalue weighted by Gasteiger charge is 2.08. The zero-order valence-electron chi connectivity index (χ0n) is 10.1. The van der Waals surface area contributed by atoms with Crippen LogP contribution in [0.4, 0.5) is 11.6 Å². The summed E-state index contributed by atoms with van der Waals surface area (Å²) in [4.78, 5) is 6.62. The molecule has 94 valence electrons. The quantitative estimate of drug-likeness (QED) is 0.740. The number of hydrogen-bond acceptors (Lipinski definition) is 5. The van der Waals surface area contributed by atoms with Crippen molar-refractivity contribution < 1.29 is 4.74 Å². The number of pyridine rings is 1. The fourth-order valence-corrected chi connectivity index (χ4v) is 1.89. The van der Waals surface area contributed by atoms with Crippen molar-refractivity contribution in [2.24, 2.45) is 0 Å². The molecular weight excluding hydrogens is 216 g/mol. The topological polar surface area (TPSA) is 63.4 Å². The first kappa shape index (κ1) is 12.1. The molecule has 5 nitrogen and oxygen atoms in total. The number of nitrogens with one attached hydrogen (secondary N) is 1. The maximum atomic E-state index is 5.61. The van der Waals surface area contributed by atoms with Crippen molar-refractivity contribution in [1.29, 1.82) is 0 Å². The van der Waals surface area contributed by atoms with Crippen LogP contribution in [-0.4, -0.2) is 49.3 Å². The second-order valence-electron chi connectivity index (χ2n) is 4.18. The number of aromatic nitrogens is 1. The number of rotatable bonds is 5. The van der Waals surface area contributed by atoms with Crippen molar-refractivity contribution in [3.8, 4) is 0 Å². The van der Waals surface area contributed by atoms with Gasteiger partial charge in [-0.3, -0.25) is 4.90 Å². The van der Waals surface area contributed by atoms with Gasteiger partial charge in [-0.15, -0.1) is 0 Å². The highest BCUT2D eigenvalue weighted by Crippen LogP contribution is 2.05. The Morgan fingerprint density at radius 2 is 2.18 bits per heavy atom. The largest absolute Gasteiger partial charge is 0.384 e. The molecule has 3 N–H and O–H groups in total. The minimum atomic E-state index is 0.558. The number of hydrogen-bond donors (Lipinski definition) is 2. The fraction of sp³-hybridized carbons (Fsp3) is 0.583. The molecule has 0 spiro atoms. The number of nitrogens with two attached hydrogens (primary N) is 1. The van der Waals surface area contributed by atoms with Crippen molar-refractivity contribution in [2.45, 2.75) is 6.42 Å². The second kappa shape index (κ2) is 6.42. The summed E-state index contributed by atoms with van der Waals surface area (Å²) in [6.07, 6.45) is 1.11. The molecule has 1 aliphatic rings. The SMILES string of the molecule is Nc1cccc(NCCCN2CCOCC2)n1. The molecule has 0 unspecified atom stereocenters. The lowest BCUT2D eigenvalue weighted by atomic mass is 10.3. The number of morpholine rings is 1. The van der Waals surface area contributed by atoms with Gasteiger partial charge >= 0.3 is 0 Å². The van der Waals surface area contributed by atoms with E-state index in [2.05, 4.69) is 15.2 Å². The summed E-state index contributed by atoms with van der Waals surface area (Å²) in [7, 11) is 0. The van der Waals surface area contributed by atoms with Gasteiger partial charge in [0, 0.05) is 19.6 Å². The Kier molecular flexibility index (Phi) is 4.58. The van der Waals surface area contributed by atoms with Crippen LogP contribution in [0.1, 0.15) is 6.42 Å². The monoisotopic (exact) mass is 236 g/mol. The van der Waals surface area contributed by atoms with Gasteiger partial charge in [0.2, 0.25) is 0 Å². The van der Waals surface area contributed by atoms with Crippen LogP contribution in [0.3, 0.4) is 0 Å². The lowest BCUT2D eigenvalue weighted by Crippen LogP contribution is -2.37. The molecule has 0 saturated carbocycles. The predicted molar refractivity (Wildman–Crippen MR) is 69.0 cm³/mol. The Hall–Kier alpha value is -1.33. The van der Waals surface area contributed by atoms with Gasteiger partial charge in [-0.25, -0.2) is 4.98 Å². The van der Waals surface area contributed by atoms with E-state index in [-0.39, 0.29) is 0 Å². The predicted octanol–water partition coefficient (Wildman–Crippen LogP) is 0.798. The van der Waals surface area contributed by atoms with Crippen molar-refractivity contribution >= 4 is 11.6 Å². The first-order valence-electron chi connectivity index (χ1n) is 6.11. The van der Waals surface area contributed by atoms with E-state index < -0.39 is 0 Å². The van der Waals surface area contributed by atoms with Crippen LogP contribution < -0.4 is 11.1 Å². The first-order valence-corrected chi connectivity index (χ1v) is 6.11. The van der Waals surface area contributed by atoms with Crippen LogP contribution in [-0.2, 0) is 4.74 Å². The van der Waals surface area contributed by atoms with Gasteiger partial charge < -0.3 is 15.8 Å². The molecular formula is C12H20N4O. The molecule has 1 aromatic rings. The van der Waals surface area contributed by atoms with E-state index in [1.807, 2.05) is 12.1 Å². The average Bonchev–Trinajstić information content (AvgIpc) is 2.36.